The van der Waals surface area contributed by atoms with Gasteiger partial charge in [0.15, 0.2) is 0 Å². The summed E-state index contributed by atoms with van der Waals surface area (Å²) in [6.45, 7) is 0. The van der Waals surface area contributed by atoms with E-state index < -0.39 is 0 Å². The van der Waals surface area contributed by atoms with E-state index in [1.54, 1.807) is 0 Å². The topological polar surface area (TPSA) is 30.7 Å². The van der Waals surface area contributed by atoms with Crippen LogP contribution in [0.3, 0.4) is 0 Å². The molecule has 0 aliphatic heterocycles. The van der Waals surface area contributed by atoms with Gasteiger partial charge in [0.2, 0.25) is 0 Å². The van der Waals surface area contributed by atoms with E-state index in [-0.39, 0.29) is 0 Å². The molecule has 3 heteroatoms. The second-order valence-corrected chi connectivity index (χ2v) is 9.93. The normalized spacial score (nSPS) is 11.6. The summed E-state index contributed by atoms with van der Waals surface area (Å²) >= 11 is 0. The molecule has 0 spiro atoms. The van der Waals surface area contributed by atoms with Crippen LogP contribution in [0.5, 0.6) is 0 Å². The Balaban J connectivity index is 1.36. The minimum atomic E-state index is 0.969. The zero-order valence-electron chi connectivity index (χ0n) is 21.1. The molecule has 0 aliphatic carbocycles. The zero-order valence-corrected chi connectivity index (χ0v) is 21.1. The molecule has 5 aromatic carbocycles. The number of nitrogens with zero attached hydrogens (tertiary/aromatic N) is 3. The standard InChI is InChI=1S/C36H23N3/c1-2-10-28-23-38-33(21-25(28)9-1)26-11-7-12-29(20-26)39-34-15-6-5-14-31(34)32-17-16-27(22-35(32)39)36-30-13-4-3-8-24(30)18-19-37-36/h1-23H. The summed E-state index contributed by atoms with van der Waals surface area (Å²) in [5.41, 5.74) is 7.62. The van der Waals surface area contributed by atoms with E-state index in [0.29, 0.717) is 0 Å². The van der Waals surface area contributed by atoms with Gasteiger partial charge in [-0.15, -0.1) is 0 Å². The van der Waals surface area contributed by atoms with Crippen LogP contribution >= 0.6 is 0 Å². The van der Waals surface area contributed by atoms with Crippen LogP contribution in [0.2, 0.25) is 0 Å². The van der Waals surface area contributed by atoms with Gasteiger partial charge in [-0.1, -0.05) is 91.0 Å². The number of para-hydroxylation sites is 1. The number of aromatic nitrogens is 3. The lowest BCUT2D eigenvalue weighted by Crippen LogP contribution is -1.95. The Morgan fingerprint density at radius 3 is 2.15 bits per heavy atom. The van der Waals surface area contributed by atoms with Crippen molar-refractivity contribution >= 4 is 43.4 Å². The molecule has 182 valence electrons. The highest BCUT2D eigenvalue weighted by atomic mass is 15.0. The van der Waals surface area contributed by atoms with Crippen LogP contribution in [-0.4, -0.2) is 14.5 Å². The molecule has 0 bridgehead atoms. The molecule has 8 rings (SSSR count). The summed E-state index contributed by atoms with van der Waals surface area (Å²) in [5.74, 6) is 0. The predicted molar refractivity (Wildman–Crippen MR) is 162 cm³/mol. The Morgan fingerprint density at radius 1 is 0.462 bits per heavy atom. The average Bonchev–Trinajstić information content (AvgIpc) is 3.34. The van der Waals surface area contributed by atoms with Gasteiger partial charge in [-0.3, -0.25) is 9.97 Å². The number of rotatable bonds is 3. The molecule has 0 saturated heterocycles. The van der Waals surface area contributed by atoms with Crippen LogP contribution in [0.4, 0.5) is 0 Å². The smallest absolute Gasteiger partial charge is 0.0781 e. The number of hydrogen-bond acceptors (Lipinski definition) is 2. The molecular weight excluding hydrogens is 474 g/mol. The average molecular weight is 498 g/mol. The highest BCUT2D eigenvalue weighted by molar-refractivity contribution is 6.10. The van der Waals surface area contributed by atoms with Gasteiger partial charge in [0, 0.05) is 50.8 Å². The zero-order chi connectivity index (χ0) is 25.8. The van der Waals surface area contributed by atoms with Gasteiger partial charge in [-0.2, -0.15) is 0 Å². The quantitative estimate of drug-likeness (QED) is 0.244. The first-order valence-electron chi connectivity index (χ1n) is 13.2. The first kappa shape index (κ1) is 21.8. The van der Waals surface area contributed by atoms with Crippen LogP contribution in [0.1, 0.15) is 0 Å². The summed E-state index contributed by atoms with van der Waals surface area (Å²) in [6, 6.07) is 45.1. The van der Waals surface area contributed by atoms with E-state index in [9.17, 15) is 0 Å². The first-order chi connectivity index (χ1) is 19.3. The van der Waals surface area contributed by atoms with Gasteiger partial charge < -0.3 is 4.57 Å². The van der Waals surface area contributed by atoms with Crippen molar-refractivity contribution in [3.8, 4) is 28.2 Å². The largest absolute Gasteiger partial charge is 0.309 e. The van der Waals surface area contributed by atoms with Crippen molar-refractivity contribution in [1.82, 2.24) is 14.5 Å². The molecule has 3 heterocycles. The van der Waals surface area contributed by atoms with E-state index in [4.69, 9.17) is 9.97 Å². The van der Waals surface area contributed by atoms with E-state index in [1.807, 2.05) is 12.4 Å². The number of pyridine rings is 2. The minimum absolute atomic E-state index is 0.969. The van der Waals surface area contributed by atoms with Crippen molar-refractivity contribution in [2.75, 3.05) is 0 Å². The fourth-order valence-corrected chi connectivity index (χ4v) is 5.79. The summed E-state index contributed by atoms with van der Waals surface area (Å²) in [6.07, 6.45) is 3.86. The molecule has 3 nitrogen and oxygen atoms in total. The van der Waals surface area contributed by atoms with Crippen molar-refractivity contribution in [2.24, 2.45) is 0 Å². The van der Waals surface area contributed by atoms with Crippen LogP contribution in [0, 0.1) is 0 Å². The maximum absolute atomic E-state index is 4.80. The Bertz CT molecular complexity index is 2180. The van der Waals surface area contributed by atoms with Crippen molar-refractivity contribution < 1.29 is 0 Å². The molecule has 0 aliphatic rings. The lowest BCUT2D eigenvalue weighted by atomic mass is 10.0. The van der Waals surface area contributed by atoms with Crippen LogP contribution in [-0.2, 0) is 0 Å². The maximum atomic E-state index is 4.80. The Hall–Kier alpha value is -5.28. The third-order valence-electron chi connectivity index (χ3n) is 7.65. The SMILES string of the molecule is c1cc(-c2cc3ccccc3cn2)cc(-n2c3ccccc3c3ccc(-c4nccc5ccccc45)cc32)c1. The third kappa shape index (κ3) is 3.52. The predicted octanol–water partition coefficient (Wildman–Crippen LogP) is 9.21. The van der Waals surface area contributed by atoms with Crippen molar-refractivity contribution in [1.29, 1.82) is 0 Å². The molecule has 3 aromatic heterocycles. The number of fused-ring (bicyclic) bond motifs is 5. The molecule has 8 aromatic rings. The second kappa shape index (κ2) is 8.64. The van der Waals surface area contributed by atoms with E-state index in [1.165, 1.54) is 27.1 Å². The van der Waals surface area contributed by atoms with Crippen molar-refractivity contribution in [3.63, 3.8) is 0 Å². The fourth-order valence-electron chi connectivity index (χ4n) is 5.79. The van der Waals surface area contributed by atoms with Gasteiger partial charge in [0.25, 0.3) is 0 Å². The van der Waals surface area contributed by atoms with E-state index >= 15 is 0 Å². The van der Waals surface area contributed by atoms with Crippen LogP contribution in [0.25, 0.3) is 71.6 Å². The van der Waals surface area contributed by atoms with Gasteiger partial charge in [0.05, 0.1) is 22.4 Å². The van der Waals surface area contributed by atoms with Crippen LogP contribution < -0.4 is 0 Å². The molecule has 0 radical (unpaired) electrons. The van der Waals surface area contributed by atoms with Gasteiger partial charge in [0.1, 0.15) is 0 Å². The maximum Gasteiger partial charge on any atom is 0.0781 e. The first-order valence-corrected chi connectivity index (χ1v) is 13.2. The van der Waals surface area contributed by atoms with E-state index in [2.05, 4.69) is 132 Å². The summed E-state index contributed by atoms with van der Waals surface area (Å²) < 4.78 is 2.36. The summed E-state index contributed by atoms with van der Waals surface area (Å²) in [4.78, 5) is 9.59. The number of hydrogen-bond donors (Lipinski definition) is 0. The van der Waals surface area contributed by atoms with Gasteiger partial charge in [-0.25, -0.2) is 0 Å². The fraction of sp³-hybridized carbons (Fsp3) is 0. The highest BCUT2D eigenvalue weighted by Crippen LogP contribution is 2.36. The summed E-state index contributed by atoms with van der Waals surface area (Å²) in [5, 5.41) is 7.15. The Kier molecular flexibility index (Phi) is 4.82. The second-order valence-electron chi connectivity index (χ2n) is 9.93. The van der Waals surface area contributed by atoms with Gasteiger partial charge in [-0.05, 0) is 47.2 Å². The minimum Gasteiger partial charge on any atom is -0.309 e. The Labute approximate surface area is 225 Å². The third-order valence-corrected chi connectivity index (χ3v) is 7.65. The lowest BCUT2D eigenvalue weighted by molar-refractivity contribution is 1.18. The molecule has 0 amide bonds. The molecule has 0 fully saturated rings. The molecule has 39 heavy (non-hydrogen) atoms. The van der Waals surface area contributed by atoms with Crippen molar-refractivity contribution in [3.05, 3.63) is 140 Å². The van der Waals surface area contributed by atoms with E-state index in [0.717, 1.165) is 44.5 Å². The molecule has 0 unspecified atom stereocenters. The highest BCUT2D eigenvalue weighted by Gasteiger charge is 2.15. The Morgan fingerprint density at radius 2 is 1.23 bits per heavy atom. The number of benzene rings is 5. The molecule has 0 atom stereocenters. The molecule has 0 N–H and O–H groups in total. The summed E-state index contributed by atoms with van der Waals surface area (Å²) in [7, 11) is 0. The molecular formula is C36H23N3. The van der Waals surface area contributed by atoms with Gasteiger partial charge >= 0.3 is 0 Å². The molecule has 0 saturated carbocycles. The van der Waals surface area contributed by atoms with Crippen molar-refractivity contribution in [2.45, 2.75) is 0 Å². The monoisotopic (exact) mass is 497 g/mol. The van der Waals surface area contributed by atoms with Crippen LogP contribution in [0.15, 0.2) is 140 Å². The lowest BCUT2D eigenvalue weighted by Gasteiger charge is -2.11.